The highest BCUT2D eigenvalue weighted by Gasteiger charge is 2.17. The van der Waals surface area contributed by atoms with Crippen molar-refractivity contribution < 1.29 is 4.39 Å². The van der Waals surface area contributed by atoms with Crippen molar-refractivity contribution in [3.63, 3.8) is 0 Å². The Labute approximate surface area is 199 Å². The fourth-order valence-corrected chi connectivity index (χ4v) is 3.91. The van der Waals surface area contributed by atoms with E-state index >= 15 is 0 Å². The molecule has 0 aliphatic rings. The largest absolute Gasteiger partial charge is 0.340 e. The highest BCUT2D eigenvalue weighted by Crippen LogP contribution is 2.21. The predicted octanol–water partition coefficient (Wildman–Crippen LogP) is 6.09. The summed E-state index contributed by atoms with van der Waals surface area (Å²) in [6.07, 6.45) is 0. The lowest BCUT2D eigenvalue weighted by Crippen LogP contribution is -2.34. The van der Waals surface area contributed by atoms with E-state index in [2.05, 4.69) is 34.5 Å². The highest BCUT2D eigenvalue weighted by atomic mass is 32.1. The molecule has 0 spiro atoms. The SMILES string of the molecule is Cc1c(NC(=S)N(Cc2ccccc2)Cc2ccccc2)nn(Cc2ccccc2F)c1C. The zero-order valence-electron chi connectivity index (χ0n) is 18.8. The molecule has 1 heterocycles. The molecule has 0 fully saturated rings. The Hall–Kier alpha value is -3.51. The maximum absolute atomic E-state index is 14.2. The van der Waals surface area contributed by atoms with Gasteiger partial charge in [0.2, 0.25) is 0 Å². The minimum Gasteiger partial charge on any atom is -0.340 e. The number of hydrogen-bond donors (Lipinski definition) is 1. The first kappa shape index (κ1) is 22.7. The highest BCUT2D eigenvalue weighted by molar-refractivity contribution is 7.80. The predicted molar refractivity (Wildman–Crippen MR) is 136 cm³/mol. The summed E-state index contributed by atoms with van der Waals surface area (Å²) >= 11 is 5.82. The zero-order valence-corrected chi connectivity index (χ0v) is 19.6. The van der Waals surface area contributed by atoms with Crippen LogP contribution in [0.15, 0.2) is 84.9 Å². The van der Waals surface area contributed by atoms with Gasteiger partial charge in [0.25, 0.3) is 0 Å². The average molecular weight is 459 g/mol. The lowest BCUT2D eigenvalue weighted by molar-refractivity contribution is 0.412. The van der Waals surface area contributed by atoms with Crippen molar-refractivity contribution >= 4 is 23.1 Å². The molecule has 0 saturated carbocycles. The quantitative estimate of drug-likeness (QED) is 0.340. The van der Waals surface area contributed by atoms with Gasteiger partial charge in [0.15, 0.2) is 10.9 Å². The molecule has 0 radical (unpaired) electrons. The summed E-state index contributed by atoms with van der Waals surface area (Å²) in [5, 5.41) is 8.65. The molecule has 0 unspecified atom stereocenters. The van der Waals surface area contributed by atoms with E-state index in [0.717, 1.165) is 11.3 Å². The van der Waals surface area contributed by atoms with Crippen molar-refractivity contribution in [3.05, 3.63) is 119 Å². The normalized spacial score (nSPS) is 10.8. The van der Waals surface area contributed by atoms with Gasteiger partial charge >= 0.3 is 0 Å². The topological polar surface area (TPSA) is 33.1 Å². The molecule has 0 amide bonds. The van der Waals surface area contributed by atoms with E-state index in [1.165, 1.54) is 17.2 Å². The van der Waals surface area contributed by atoms with Crippen LogP contribution in [0, 0.1) is 19.7 Å². The molecule has 1 aromatic heterocycles. The Kier molecular flexibility index (Phi) is 7.15. The fraction of sp³-hybridized carbons (Fsp3) is 0.185. The molecule has 0 bridgehead atoms. The summed E-state index contributed by atoms with van der Waals surface area (Å²) in [6.45, 7) is 5.71. The number of halogens is 1. The number of nitrogens with zero attached hydrogens (tertiary/aromatic N) is 3. The Bertz CT molecular complexity index is 1180. The molecule has 33 heavy (non-hydrogen) atoms. The molecular weight excluding hydrogens is 431 g/mol. The third-order valence-corrected chi connectivity index (χ3v) is 6.09. The third kappa shape index (κ3) is 5.65. The Morgan fingerprint density at radius 3 is 2.00 bits per heavy atom. The summed E-state index contributed by atoms with van der Waals surface area (Å²) in [5.41, 5.74) is 4.92. The van der Waals surface area contributed by atoms with Crippen LogP contribution in [0.2, 0.25) is 0 Å². The Morgan fingerprint density at radius 2 is 1.42 bits per heavy atom. The zero-order chi connectivity index (χ0) is 23.2. The van der Waals surface area contributed by atoms with Gasteiger partial charge in [-0.2, -0.15) is 5.10 Å². The van der Waals surface area contributed by atoms with E-state index in [0.29, 0.717) is 36.1 Å². The number of aromatic nitrogens is 2. The van der Waals surface area contributed by atoms with Crippen LogP contribution < -0.4 is 5.32 Å². The molecule has 0 saturated heterocycles. The van der Waals surface area contributed by atoms with Gasteiger partial charge in [-0.15, -0.1) is 0 Å². The molecule has 6 heteroatoms. The number of benzene rings is 3. The fourth-order valence-electron chi connectivity index (χ4n) is 3.68. The van der Waals surface area contributed by atoms with E-state index in [1.54, 1.807) is 12.1 Å². The van der Waals surface area contributed by atoms with Crippen molar-refractivity contribution in [2.75, 3.05) is 5.32 Å². The molecule has 168 valence electrons. The summed E-state index contributed by atoms with van der Waals surface area (Å²) in [4.78, 5) is 2.13. The number of nitrogens with one attached hydrogen (secondary N) is 1. The molecule has 1 N–H and O–H groups in total. The van der Waals surface area contributed by atoms with Crippen LogP contribution in [0.4, 0.5) is 10.2 Å². The molecule has 4 nitrogen and oxygen atoms in total. The van der Waals surface area contributed by atoms with Gasteiger partial charge in [-0.25, -0.2) is 4.39 Å². The molecule has 3 aromatic carbocycles. The summed E-state index contributed by atoms with van der Waals surface area (Å²) < 4.78 is 16.0. The van der Waals surface area contributed by atoms with Crippen LogP contribution >= 0.6 is 12.2 Å². The minimum atomic E-state index is -0.230. The standard InChI is InChI=1S/C27H27FN4S/c1-20-21(2)32(19-24-15-9-10-16-25(24)28)30-26(20)29-27(33)31(17-22-11-5-3-6-12-22)18-23-13-7-4-8-14-23/h3-16H,17-19H2,1-2H3,(H,29,30,33). The van der Waals surface area contributed by atoms with Crippen molar-refractivity contribution in [3.8, 4) is 0 Å². The Morgan fingerprint density at radius 1 is 0.879 bits per heavy atom. The van der Waals surface area contributed by atoms with E-state index in [-0.39, 0.29) is 5.82 Å². The molecule has 4 rings (SSSR count). The lowest BCUT2D eigenvalue weighted by Gasteiger charge is -2.26. The summed E-state index contributed by atoms with van der Waals surface area (Å²) in [5.74, 6) is 0.465. The Balaban J connectivity index is 1.55. The smallest absolute Gasteiger partial charge is 0.175 e. The van der Waals surface area contributed by atoms with Crippen molar-refractivity contribution in [1.29, 1.82) is 0 Å². The van der Waals surface area contributed by atoms with Crippen LogP contribution in [0.1, 0.15) is 27.9 Å². The number of thiocarbonyl (C=S) groups is 1. The molecular formula is C27H27FN4S. The summed E-state index contributed by atoms with van der Waals surface area (Å²) in [7, 11) is 0. The van der Waals surface area contributed by atoms with E-state index in [4.69, 9.17) is 17.3 Å². The van der Waals surface area contributed by atoms with E-state index in [1.807, 2.05) is 61.0 Å². The number of rotatable bonds is 7. The van der Waals surface area contributed by atoms with Gasteiger partial charge in [0.05, 0.1) is 6.54 Å². The third-order valence-electron chi connectivity index (χ3n) is 5.73. The van der Waals surface area contributed by atoms with Crippen LogP contribution in [-0.4, -0.2) is 19.8 Å². The second-order valence-electron chi connectivity index (χ2n) is 8.07. The molecule has 0 aliphatic heterocycles. The first-order chi connectivity index (χ1) is 16.0. The number of hydrogen-bond acceptors (Lipinski definition) is 2. The van der Waals surface area contributed by atoms with E-state index < -0.39 is 0 Å². The lowest BCUT2D eigenvalue weighted by atomic mass is 10.2. The van der Waals surface area contributed by atoms with Crippen LogP contribution in [0.3, 0.4) is 0 Å². The average Bonchev–Trinajstić information content (AvgIpc) is 3.09. The van der Waals surface area contributed by atoms with Gasteiger partial charge in [-0.3, -0.25) is 4.68 Å². The molecule has 4 aromatic rings. The first-order valence-corrected chi connectivity index (χ1v) is 11.3. The van der Waals surface area contributed by atoms with Gasteiger partial charge in [0, 0.05) is 29.9 Å². The van der Waals surface area contributed by atoms with Gasteiger partial charge in [-0.1, -0.05) is 78.9 Å². The minimum absolute atomic E-state index is 0.230. The van der Waals surface area contributed by atoms with Gasteiger partial charge in [-0.05, 0) is 43.3 Å². The van der Waals surface area contributed by atoms with Crippen LogP contribution in [0.5, 0.6) is 0 Å². The monoisotopic (exact) mass is 458 g/mol. The maximum atomic E-state index is 14.2. The van der Waals surface area contributed by atoms with Crippen molar-refractivity contribution in [2.24, 2.45) is 0 Å². The first-order valence-electron chi connectivity index (χ1n) is 10.9. The van der Waals surface area contributed by atoms with Gasteiger partial charge < -0.3 is 10.2 Å². The van der Waals surface area contributed by atoms with Crippen LogP contribution in [-0.2, 0) is 19.6 Å². The summed E-state index contributed by atoms with van der Waals surface area (Å²) in [6, 6.07) is 27.3. The second-order valence-corrected chi connectivity index (χ2v) is 8.45. The second kappa shape index (κ2) is 10.4. The maximum Gasteiger partial charge on any atom is 0.175 e. The van der Waals surface area contributed by atoms with Crippen molar-refractivity contribution in [1.82, 2.24) is 14.7 Å². The van der Waals surface area contributed by atoms with Crippen LogP contribution in [0.25, 0.3) is 0 Å². The van der Waals surface area contributed by atoms with E-state index in [9.17, 15) is 4.39 Å². The molecule has 0 aliphatic carbocycles. The van der Waals surface area contributed by atoms with Crippen molar-refractivity contribution in [2.45, 2.75) is 33.5 Å². The van der Waals surface area contributed by atoms with Gasteiger partial charge in [0.1, 0.15) is 5.82 Å². The molecule has 0 atom stereocenters. The number of anilines is 1.